The molecule has 2 aromatic rings. The highest BCUT2D eigenvalue weighted by atomic mass is 19.4. The molecule has 37 heavy (non-hydrogen) atoms. The zero-order chi connectivity index (χ0) is 26.7. The molecule has 8 nitrogen and oxygen atoms in total. The van der Waals surface area contributed by atoms with Gasteiger partial charge in [0.2, 0.25) is 11.8 Å². The number of hydrogen-bond acceptors (Lipinski definition) is 6. The van der Waals surface area contributed by atoms with Crippen molar-refractivity contribution < 1.29 is 22.8 Å². The summed E-state index contributed by atoms with van der Waals surface area (Å²) in [6.07, 6.45) is 1.17. The molecule has 0 unspecified atom stereocenters. The SMILES string of the molecule is CC(=O)N(C[C@H]1CC[C@H](N2CC(NC(=O)CNc3ncnc4ccc(C(F)(F)F)cc34)C2)CC1)C(C)C. The molecule has 1 saturated heterocycles. The van der Waals surface area contributed by atoms with Gasteiger partial charge < -0.3 is 15.5 Å². The van der Waals surface area contributed by atoms with Crippen LogP contribution in [0.5, 0.6) is 0 Å². The lowest BCUT2D eigenvalue weighted by molar-refractivity contribution is -0.137. The predicted octanol–water partition coefficient (Wildman–Crippen LogP) is 3.68. The number of nitrogens with one attached hydrogen (secondary N) is 2. The first-order valence-corrected chi connectivity index (χ1v) is 12.9. The van der Waals surface area contributed by atoms with Gasteiger partial charge in [-0.3, -0.25) is 14.5 Å². The molecule has 0 radical (unpaired) electrons. The highest BCUT2D eigenvalue weighted by Crippen LogP contribution is 2.33. The van der Waals surface area contributed by atoms with Crippen molar-refractivity contribution in [3.05, 3.63) is 30.1 Å². The Morgan fingerprint density at radius 2 is 1.84 bits per heavy atom. The van der Waals surface area contributed by atoms with Gasteiger partial charge in [0.25, 0.3) is 0 Å². The maximum absolute atomic E-state index is 13.1. The smallest absolute Gasteiger partial charge is 0.360 e. The lowest BCUT2D eigenvalue weighted by Gasteiger charge is -2.47. The van der Waals surface area contributed by atoms with E-state index in [1.165, 1.54) is 12.4 Å². The van der Waals surface area contributed by atoms with Crippen LogP contribution in [-0.2, 0) is 15.8 Å². The van der Waals surface area contributed by atoms with E-state index in [1.807, 2.05) is 4.90 Å². The molecular weight excluding hydrogens is 485 g/mol. The molecule has 4 rings (SSSR count). The minimum atomic E-state index is -4.48. The van der Waals surface area contributed by atoms with Crippen LogP contribution in [0.3, 0.4) is 0 Å². The van der Waals surface area contributed by atoms with Crippen LogP contribution in [0, 0.1) is 5.92 Å². The van der Waals surface area contributed by atoms with Crippen molar-refractivity contribution in [2.24, 2.45) is 5.92 Å². The number of carbonyl (C=O) groups is 2. The number of aromatic nitrogens is 2. The Hall–Kier alpha value is -2.95. The fourth-order valence-electron chi connectivity index (χ4n) is 5.39. The molecule has 1 aromatic carbocycles. The number of nitrogens with zero attached hydrogens (tertiary/aromatic N) is 4. The highest BCUT2D eigenvalue weighted by molar-refractivity contribution is 5.91. The van der Waals surface area contributed by atoms with E-state index >= 15 is 0 Å². The molecule has 2 heterocycles. The summed E-state index contributed by atoms with van der Waals surface area (Å²) in [7, 11) is 0. The number of hydrogen-bond donors (Lipinski definition) is 2. The van der Waals surface area contributed by atoms with Crippen molar-refractivity contribution in [1.82, 2.24) is 25.1 Å². The fourth-order valence-corrected chi connectivity index (χ4v) is 5.39. The number of likely N-dealkylation sites (tertiary alicyclic amines) is 1. The predicted molar refractivity (Wildman–Crippen MR) is 135 cm³/mol. The lowest BCUT2D eigenvalue weighted by atomic mass is 9.83. The van der Waals surface area contributed by atoms with Crippen molar-refractivity contribution in [1.29, 1.82) is 0 Å². The van der Waals surface area contributed by atoms with E-state index in [0.29, 0.717) is 17.5 Å². The average Bonchev–Trinajstić information content (AvgIpc) is 2.82. The van der Waals surface area contributed by atoms with Crippen molar-refractivity contribution in [3.8, 4) is 0 Å². The first-order valence-electron chi connectivity index (χ1n) is 12.9. The Kier molecular flexibility index (Phi) is 8.20. The maximum Gasteiger partial charge on any atom is 0.416 e. The van der Waals surface area contributed by atoms with Gasteiger partial charge in [0.05, 0.1) is 23.7 Å². The van der Waals surface area contributed by atoms with Crippen molar-refractivity contribution in [2.45, 2.75) is 70.8 Å². The second kappa shape index (κ2) is 11.2. The van der Waals surface area contributed by atoms with Gasteiger partial charge in [-0.15, -0.1) is 0 Å². The molecule has 2 fully saturated rings. The zero-order valence-corrected chi connectivity index (χ0v) is 21.5. The number of benzene rings is 1. The number of carbonyl (C=O) groups excluding carboxylic acids is 2. The van der Waals surface area contributed by atoms with Gasteiger partial charge in [-0.1, -0.05) is 0 Å². The third kappa shape index (κ3) is 6.68. The van der Waals surface area contributed by atoms with Crippen molar-refractivity contribution in [2.75, 3.05) is 31.5 Å². The quantitative estimate of drug-likeness (QED) is 0.552. The van der Waals surface area contributed by atoms with Crippen LogP contribution in [0.15, 0.2) is 24.5 Å². The monoisotopic (exact) mass is 520 g/mol. The standard InChI is InChI=1S/C26H35F3N6O2/c1-16(2)35(17(3)36)12-18-4-7-21(8-5-18)34-13-20(14-34)33-24(37)11-30-25-22-10-19(26(27,28)29)6-9-23(22)31-15-32-25/h6,9-10,15-16,18,20-21H,4-5,7-8,11-14H2,1-3H3,(H,33,37)(H,30,31,32)/t18-,21-. The molecular formula is C26H35F3N6O2. The second-order valence-corrected chi connectivity index (χ2v) is 10.5. The summed E-state index contributed by atoms with van der Waals surface area (Å²) in [6.45, 7) is 8.05. The molecule has 0 bridgehead atoms. The summed E-state index contributed by atoms with van der Waals surface area (Å²) in [5.41, 5.74) is -0.421. The topological polar surface area (TPSA) is 90.5 Å². The van der Waals surface area contributed by atoms with E-state index in [1.54, 1.807) is 6.92 Å². The first kappa shape index (κ1) is 27.1. The largest absolute Gasteiger partial charge is 0.416 e. The molecule has 2 N–H and O–H groups in total. The molecule has 202 valence electrons. The van der Waals surface area contributed by atoms with Gasteiger partial charge in [0.1, 0.15) is 12.1 Å². The normalized spacial score (nSPS) is 21.1. The Balaban J connectivity index is 1.21. The minimum absolute atomic E-state index is 0.0557. The van der Waals surface area contributed by atoms with Crippen LogP contribution in [-0.4, -0.2) is 75.9 Å². The van der Waals surface area contributed by atoms with Crippen molar-refractivity contribution >= 4 is 28.5 Å². The molecule has 1 aromatic heterocycles. The third-order valence-electron chi connectivity index (χ3n) is 7.47. The Morgan fingerprint density at radius 1 is 1.14 bits per heavy atom. The van der Waals surface area contributed by atoms with Crippen LogP contribution < -0.4 is 10.6 Å². The molecule has 1 saturated carbocycles. The summed E-state index contributed by atoms with van der Waals surface area (Å²) in [6, 6.07) is 4.05. The summed E-state index contributed by atoms with van der Waals surface area (Å²) in [4.78, 5) is 36.7. The van der Waals surface area contributed by atoms with Crippen LogP contribution in [0.2, 0.25) is 0 Å². The van der Waals surface area contributed by atoms with Gasteiger partial charge in [-0.05, 0) is 63.6 Å². The lowest BCUT2D eigenvalue weighted by Crippen LogP contribution is -2.63. The van der Waals surface area contributed by atoms with Crippen LogP contribution >= 0.6 is 0 Å². The number of halogens is 3. The van der Waals surface area contributed by atoms with Crippen LogP contribution in [0.1, 0.15) is 52.0 Å². The second-order valence-electron chi connectivity index (χ2n) is 10.5. The Labute approximate surface area is 215 Å². The zero-order valence-electron chi connectivity index (χ0n) is 21.5. The fraction of sp³-hybridized carbons (Fsp3) is 0.615. The Bertz CT molecular complexity index is 1110. The molecule has 2 aliphatic rings. The molecule has 2 amide bonds. The van der Waals surface area contributed by atoms with Crippen LogP contribution in [0.4, 0.5) is 19.0 Å². The molecule has 0 atom stereocenters. The number of amides is 2. The van der Waals surface area contributed by atoms with E-state index in [-0.39, 0.29) is 41.6 Å². The minimum Gasteiger partial charge on any atom is -0.360 e. The van der Waals surface area contributed by atoms with E-state index in [9.17, 15) is 22.8 Å². The van der Waals surface area contributed by atoms with Crippen molar-refractivity contribution in [3.63, 3.8) is 0 Å². The summed E-state index contributed by atoms with van der Waals surface area (Å²) >= 11 is 0. The van der Waals surface area contributed by atoms with Gasteiger partial charge in [-0.25, -0.2) is 9.97 Å². The summed E-state index contributed by atoms with van der Waals surface area (Å²) in [5, 5.41) is 6.06. The average molecular weight is 521 g/mol. The molecule has 1 aliphatic carbocycles. The van der Waals surface area contributed by atoms with E-state index in [2.05, 4.69) is 39.3 Å². The van der Waals surface area contributed by atoms with Gasteiger partial charge in [-0.2, -0.15) is 13.2 Å². The van der Waals surface area contributed by atoms with E-state index in [4.69, 9.17) is 0 Å². The highest BCUT2D eigenvalue weighted by Gasteiger charge is 2.36. The molecule has 0 spiro atoms. The first-order chi connectivity index (χ1) is 17.5. The van der Waals surface area contributed by atoms with Gasteiger partial charge in [0, 0.05) is 44.0 Å². The van der Waals surface area contributed by atoms with Gasteiger partial charge >= 0.3 is 6.18 Å². The van der Waals surface area contributed by atoms with Crippen LogP contribution in [0.25, 0.3) is 10.9 Å². The number of rotatable bonds is 8. The number of fused-ring (bicyclic) bond motifs is 1. The molecule has 1 aliphatic heterocycles. The summed E-state index contributed by atoms with van der Waals surface area (Å²) in [5.74, 6) is 0.631. The number of anilines is 1. The van der Waals surface area contributed by atoms with E-state index in [0.717, 1.165) is 57.5 Å². The Morgan fingerprint density at radius 3 is 2.46 bits per heavy atom. The van der Waals surface area contributed by atoms with Gasteiger partial charge in [0.15, 0.2) is 0 Å². The summed E-state index contributed by atoms with van der Waals surface area (Å²) < 4.78 is 39.3. The van der Waals surface area contributed by atoms with E-state index < -0.39 is 11.7 Å². The maximum atomic E-state index is 13.1. The number of alkyl halides is 3. The third-order valence-corrected chi connectivity index (χ3v) is 7.47. The molecule has 11 heteroatoms.